The van der Waals surface area contributed by atoms with E-state index >= 15 is 0 Å². The topological polar surface area (TPSA) is 35.5 Å². The van der Waals surface area contributed by atoms with Gasteiger partial charge in [-0.2, -0.15) is 13.2 Å². The smallest absolute Gasteiger partial charge is 0.389 e. The molecule has 1 atom stereocenters. The number of piperazine rings is 1. The molecular weight excluding hydrogens is 300 g/mol. The van der Waals surface area contributed by atoms with Gasteiger partial charge in [-0.1, -0.05) is 0 Å². The zero-order valence-corrected chi connectivity index (χ0v) is 12.4. The van der Waals surface area contributed by atoms with Gasteiger partial charge >= 0.3 is 6.18 Å². The number of hydrogen-bond donors (Lipinski definition) is 2. The van der Waals surface area contributed by atoms with Crippen LogP contribution in [0.3, 0.4) is 0 Å². The molecule has 124 valence electrons. The molecule has 1 aliphatic heterocycles. The lowest BCUT2D eigenvalue weighted by Gasteiger charge is -2.36. The standard InChI is InChI=1S/C15H20F4N2O/c1-10-8-11(16)9-12(14(10)22)13(2-3-15(17,18)19)21-6-4-20-5-7-21/h8-9,13,20,22H,2-7H2,1H3/t13-/m0/s1. The first-order valence-electron chi connectivity index (χ1n) is 7.28. The average molecular weight is 320 g/mol. The monoisotopic (exact) mass is 320 g/mol. The van der Waals surface area contributed by atoms with Crippen LogP contribution in [-0.4, -0.2) is 42.4 Å². The zero-order valence-electron chi connectivity index (χ0n) is 12.4. The fraction of sp³-hybridized carbons (Fsp3) is 0.600. The van der Waals surface area contributed by atoms with E-state index in [1.807, 2.05) is 4.90 Å². The lowest BCUT2D eigenvalue weighted by molar-refractivity contribution is -0.138. The van der Waals surface area contributed by atoms with E-state index in [1.165, 1.54) is 6.07 Å². The Bertz CT molecular complexity index is 513. The number of phenols is 1. The van der Waals surface area contributed by atoms with Crippen LogP contribution in [0.1, 0.15) is 30.0 Å². The number of nitrogens with one attached hydrogen (secondary N) is 1. The third kappa shape index (κ3) is 4.33. The second-order valence-corrected chi connectivity index (χ2v) is 5.62. The molecule has 0 amide bonds. The number of benzene rings is 1. The second kappa shape index (κ2) is 6.83. The molecule has 0 unspecified atom stereocenters. The number of halogens is 4. The van der Waals surface area contributed by atoms with Crippen LogP contribution in [0.25, 0.3) is 0 Å². The Labute approximate surface area is 126 Å². The number of rotatable bonds is 4. The third-order valence-electron chi connectivity index (χ3n) is 3.95. The minimum absolute atomic E-state index is 0.118. The zero-order chi connectivity index (χ0) is 16.3. The highest BCUT2D eigenvalue weighted by molar-refractivity contribution is 5.42. The number of phenolic OH excluding ortho intramolecular Hbond substituents is 1. The van der Waals surface area contributed by atoms with Crippen LogP contribution >= 0.6 is 0 Å². The minimum Gasteiger partial charge on any atom is -0.507 e. The summed E-state index contributed by atoms with van der Waals surface area (Å²) < 4.78 is 51.4. The van der Waals surface area contributed by atoms with Crippen molar-refractivity contribution in [2.75, 3.05) is 26.2 Å². The molecule has 1 aromatic carbocycles. The molecule has 0 saturated carbocycles. The van der Waals surface area contributed by atoms with Gasteiger partial charge in [-0.05, 0) is 31.0 Å². The summed E-state index contributed by atoms with van der Waals surface area (Å²) in [4.78, 5) is 1.87. The van der Waals surface area contributed by atoms with E-state index in [-0.39, 0.29) is 17.7 Å². The normalized spacial score (nSPS) is 18.4. The predicted molar refractivity (Wildman–Crippen MR) is 75.3 cm³/mol. The van der Waals surface area contributed by atoms with Crippen molar-refractivity contribution >= 4 is 0 Å². The number of hydrogen-bond acceptors (Lipinski definition) is 3. The molecule has 1 fully saturated rings. The van der Waals surface area contributed by atoms with Gasteiger partial charge in [-0.15, -0.1) is 0 Å². The van der Waals surface area contributed by atoms with E-state index < -0.39 is 24.5 Å². The Balaban J connectivity index is 2.30. The van der Waals surface area contributed by atoms with Gasteiger partial charge in [0.2, 0.25) is 0 Å². The van der Waals surface area contributed by atoms with Crippen molar-refractivity contribution < 1.29 is 22.7 Å². The summed E-state index contributed by atoms with van der Waals surface area (Å²) in [5.74, 6) is -0.662. The highest BCUT2D eigenvalue weighted by Gasteiger charge is 2.32. The SMILES string of the molecule is Cc1cc(F)cc([C@H](CCC(F)(F)F)N2CCNCC2)c1O. The predicted octanol–water partition coefficient (Wildman–Crippen LogP) is 3.13. The van der Waals surface area contributed by atoms with E-state index in [4.69, 9.17) is 0 Å². The summed E-state index contributed by atoms with van der Waals surface area (Å²) >= 11 is 0. The first kappa shape index (κ1) is 17.0. The van der Waals surface area contributed by atoms with E-state index in [0.29, 0.717) is 31.7 Å². The first-order chi connectivity index (χ1) is 10.3. The summed E-state index contributed by atoms with van der Waals surface area (Å²) in [5, 5.41) is 13.3. The average Bonchev–Trinajstić information content (AvgIpc) is 2.44. The molecule has 0 bridgehead atoms. The van der Waals surface area contributed by atoms with Gasteiger partial charge in [0.25, 0.3) is 0 Å². The van der Waals surface area contributed by atoms with Crippen LogP contribution in [0.5, 0.6) is 5.75 Å². The summed E-state index contributed by atoms with van der Waals surface area (Å²) in [7, 11) is 0. The van der Waals surface area contributed by atoms with Gasteiger partial charge in [0, 0.05) is 44.2 Å². The van der Waals surface area contributed by atoms with Gasteiger partial charge in [0.05, 0.1) is 0 Å². The molecule has 0 radical (unpaired) electrons. The van der Waals surface area contributed by atoms with Crippen LogP contribution in [0, 0.1) is 12.7 Å². The molecule has 2 N–H and O–H groups in total. The highest BCUT2D eigenvalue weighted by Crippen LogP contribution is 2.37. The van der Waals surface area contributed by atoms with Crippen molar-refractivity contribution in [1.29, 1.82) is 0 Å². The largest absolute Gasteiger partial charge is 0.507 e. The van der Waals surface area contributed by atoms with Crippen molar-refractivity contribution in [3.05, 3.63) is 29.1 Å². The Morgan fingerprint density at radius 1 is 1.27 bits per heavy atom. The number of aromatic hydroxyl groups is 1. The molecule has 0 spiro atoms. The van der Waals surface area contributed by atoms with Crippen molar-refractivity contribution in [1.82, 2.24) is 10.2 Å². The van der Waals surface area contributed by atoms with Crippen molar-refractivity contribution in [2.45, 2.75) is 32.0 Å². The maximum Gasteiger partial charge on any atom is 0.389 e. The van der Waals surface area contributed by atoms with Crippen molar-refractivity contribution in [3.8, 4) is 5.75 Å². The fourth-order valence-electron chi connectivity index (χ4n) is 2.84. The van der Waals surface area contributed by atoms with E-state index in [9.17, 15) is 22.7 Å². The number of alkyl halides is 3. The highest BCUT2D eigenvalue weighted by atomic mass is 19.4. The van der Waals surface area contributed by atoms with Gasteiger partial charge in [-0.25, -0.2) is 4.39 Å². The maximum absolute atomic E-state index is 13.6. The number of nitrogens with zero attached hydrogens (tertiary/aromatic N) is 1. The molecular formula is C15H20F4N2O. The van der Waals surface area contributed by atoms with Crippen molar-refractivity contribution in [3.63, 3.8) is 0 Å². The fourth-order valence-corrected chi connectivity index (χ4v) is 2.84. The lowest BCUT2D eigenvalue weighted by Crippen LogP contribution is -2.45. The first-order valence-corrected chi connectivity index (χ1v) is 7.28. The molecule has 1 aromatic rings. The molecule has 1 heterocycles. The van der Waals surface area contributed by atoms with E-state index in [2.05, 4.69) is 5.32 Å². The minimum atomic E-state index is -4.27. The Kier molecular flexibility index (Phi) is 5.28. The van der Waals surface area contributed by atoms with Crippen LogP contribution in [0.2, 0.25) is 0 Å². The Morgan fingerprint density at radius 3 is 2.50 bits per heavy atom. The molecule has 1 aliphatic rings. The van der Waals surface area contributed by atoms with Crippen LogP contribution in [-0.2, 0) is 0 Å². The van der Waals surface area contributed by atoms with Crippen molar-refractivity contribution in [2.24, 2.45) is 0 Å². The van der Waals surface area contributed by atoms with Crippen LogP contribution < -0.4 is 5.32 Å². The summed E-state index contributed by atoms with van der Waals surface area (Å²) in [5.41, 5.74) is 0.575. The lowest BCUT2D eigenvalue weighted by atomic mass is 9.96. The van der Waals surface area contributed by atoms with Gasteiger partial charge < -0.3 is 10.4 Å². The molecule has 22 heavy (non-hydrogen) atoms. The van der Waals surface area contributed by atoms with Crippen LogP contribution in [0.4, 0.5) is 17.6 Å². The van der Waals surface area contributed by atoms with Gasteiger partial charge in [0.15, 0.2) is 0 Å². The molecule has 1 saturated heterocycles. The molecule has 3 nitrogen and oxygen atoms in total. The summed E-state index contributed by atoms with van der Waals surface area (Å²) in [6.07, 6.45) is -5.43. The van der Waals surface area contributed by atoms with Gasteiger partial charge in [-0.3, -0.25) is 4.90 Å². The Hall–Kier alpha value is -1.34. The third-order valence-corrected chi connectivity index (χ3v) is 3.95. The quantitative estimate of drug-likeness (QED) is 0.837. The summed E-state index contributed by atoms with van der Waals surface area (Å²) in [6, 6.07) is 1.68. The molecule has 7 heteroatoms. The molecule has 2 rings (SSSR count). The molecule has 0 aliphatic carbocycles. The van der Waals surface area contributed by atoms with E-state index in [1.54, 1.807) is 6.92 Å². The van der Waals surface area contributed by atoms with Gasteiger partial charge in [0.1, 0.15) is 11.6 Å². The van der Waals surface area contributed by atoms with E-state index in [0.717, 1.165) is 6.07 Å². The number of aryl methyl sites for hydroxylation is 1. The maximum atomic E-state index is 13.6. The Morgan fingerprint density at radius 2 is 1.91 bits per heavy atom. The summed E-state index contributed by atoms with van der Waals surface area (Å²) in [6.45, 7) is 4.00. The second-order valence-electron chi connectivity index (χ2n) is 5.62. The molecule has 0 aromatic heterocycles. The van der Waals surface area contributed by atoms with Crippen LogP contribution in [0.15, 0.2) is 12.1 Å².